The largest absolute Gasteiger partial charge is 0.463 e. The molecule has 136 valence electrons. The van der Waals surface area contributed by atoms with Crippen LogP contribution in [0.4, 0.5) is 4.39 Å². The molecule has 0 N–H and O–H groups in total. The maximum Gasteiger partial charge on any atom is 0.316 e. The molecule has 4 rings (SSSR count). The Morgan fingerprint density at radius 2 is 1.96 bits per heavy atom. The zero-order chi connectivity index (χ0) is 18.0. The molecule has 1 amide bonds. The molecule has 1 atom stereocenters. The highest BCUT2D eigenvalue weighted by Gasteiger charge is 2.53. The van der Waals surface area contributed by atoms with Gasteiger partial charge >= 0.3 is 6.01 Å². The normalized spacial score (nSPS) is 21.3. The number of benzene rings is 1. The first kappa shape index (κ1) is 16.9. The summed E-state index contributed by atoms with van der Waals surface area (Å²) in [5.74, 6) is 0.181. The third kappa shape index (κ3) is 3.41. The van der Waals surface area contributed by atoms with Crippen LogP contribution in [0.15, 0.2) is 42.7 Å². The second-order valence-electron chi connectivity index (χ2n) is 7.19. The summed E-state index contributed by atoms with van der Waals surface area (Å²) in [5, 5.41) is 0. The van der Waals surface area contributed by atoms with Gasteiger partial charge in [0.1, 0.15) is 5.82 Å². The van der Waals surface area contributed by atoms with Gasteiger partial charge in [-0.25, -0.2) is 14.4 Å². The number of nitrogens with zero attached hydrogens (tertiary/aromatic N) is 3. The lowest BCUT2D eigenvalue weighted by molar-refractivity contribution is -0.136. The van der Waals surface area contributed by atoms with Gasteiger partial charge in [-0.3, -0.25) is 4.79 Å². The smallest absolute Gasteiger partial charge is 0.316 e. The van der Waals surface area contributed by atoms with Crippen LogP contribution in [0, 0.1) is 11.7 Å². The minimum atomic E-state index is -0.445. The maximum atomic E-state index is 13.2. The van der Waals surface area contributed by atoms with Gasteiger partial charge < -0.3 is 9.64 Å². The van der Waals surface area contributed by atoms with Crippen LogP contribution in [-0.2, 0) is 10.2 Å². The zero-order valence-corrected chi connectivity index (χ0v) is 14.6. The molecule has 2 aliphatic rings. The average molecular weight is 355 g/mol. The average Bonchev–Trinajstić information content (AvgIpc) is 3.49. The summed E-state index contributed by atoms with van der Waals surface area (Å²) in [6.45, 7) is 1.98. The van der Waals surface area contributed by atoms with Crippen LogP contribution in [0.2, 0.25) is 0 Å². The number of amides is 1. The summed E-state index contributed by atoms with van der Waals surface area (Å²) in [4.78, 5) is 23.2. The highest BCUT2D eigenvalue weighted by atomic mass is 19.1. The van der Waals surface area contributed by atoms with Gasteiger partial charge in [-0.2, -0.15) is 0 Å². The Morgan fingerprint density at radius 3 is 2.65 bits per heavy atom. The number of piperidine rings is 1. The van der Waals surface area contributed by atoms with Crippen molar-refractivity contribution in [2.24, 2.45) is 5.92 Å². The van der Waals surface area contributed by atoms with Gasteiger partial charge in [-0.05, 0) is 49.4 Å². The SMILES string of the molecule is O=C(N1CCCC(COc2ncccn2)C1)C1(c2ccc(F)cc2)CC1. The molecule has 1 aliphatic carbocycles. The van der Waals surface area contributed by atoms with E-state index in [1.807, 2.05) is 4.90 Å². The Hall–Kier alpha value is -2.50. The quantitative estimate of drug-likeness (QED) is 0.827. The highest BCUT2D eigenvalue weighted by Crippen LogP contribution is 2.50. The summed E-state index contributed by atoms with van der Waals surface area (Å²) in [5.41, 5.74) is 0.485. The van der Waals surface area contributed by atoms with Gasteiger partial charge in [-0.1, -0.05) is 12.1 Å². The fourth-order valence-electron chi connectivity index (χ4n) is 3.76. The van der Waals surface area contributed by atoms with Crippen LogP contribution < -0.4 is 4.74 Å². The van der Waals surface area contributed by atoms with Crippen molar-refractivity contribution in [2.45, 2.75) is 31.1 Å². The molecule has 0 spiro atoms. The standard InChI is InChI=1S/C20H22FN3O2/c21-17-6-4-16(5-7-17)20(8-9-20)18(25)24-12-1-3-15(13-24)14-26-19-22-10-2-11-23-19/h2,4-7,10-11,15H,1,3,8-9,12-14H2. The molecular weight excluding hydrogens is 333 g/mol. The molecule has 1 unspecified atom stereocenters. The summed E-state index contributed by atoms with van der Waals surface area (Å²) in [6.07, 6.45) is 6.98. The fourth-order valence-corrected chi connectivity index (χ4v) is 3.76. The van der Waals surface area contributed by atoms with Crippen molar-refractivity contribution in [1.29, 1.82) is 0 Å². The molecule has 26 heavy (non-hydrogen) atoms. The summed E-state index contributed by atoms with van der Waals surface area (Å²) < 4.78 is 18.9. The molecule has 1 aromatic heterocycles. The molecule has 0 bridgehead atoms. The second kappa shape index (κ2) is 7.02. The van der Waals surface area contributed by atoms with Crippen LogP contribution >= 0.6 is 0 Å². The van der Waals surface area contributed by atoms with E-state index in [0.29, 0.717) is 19.2 Å². The van der Waals surface area contributed by atoms with Crippen molar-refractivity contribution in [3.63, 3.8) is 0 Å². The first-order valence-electron chi connectivity index (χ1n) is 9.13. The van der Waals surface area contributed by atoms with E-state index in [1.54, 1.807) is 30.6 Å². The van der Waals surface area contributed by atoms with Gasteiger partial charge in [0, 0.05) is 31.4 Å². The summed E-state index contributed by atoms with van der Waals surface area (Å²) in [7, 11) is 0. The molecule has 1 saturated carbocycles. The minimum absolute atomic E-state index is 0.171. The van der Waals surface area contributed by atoms with Crippen LogP contribution in [0.5, 0.6) is 6.01 Å². The van der Waals surface area contributed by atoms with E-state index in [2.05, 4.69) is 9.97 Å². The Labute approximate surface area is 152 Å². The van der Waals surface area contributed by atoms with Gasteiger partial charge in [0.15, 0.2) is 0 Å². The molecule has 2 fully saturated rings. The van der Waals surface area contributed by atoms with Crippen molar-refractivity contribution in [3.8, 4) is 6.01 Å². The molecule has 1 saturated heterocycles. The lowest BCUT2D eigenvalue weighted by Crippen LogP contribution is -2.46. The number of carbonyl (C=O) groups is 1. The van der Waals surface area contributed by atoms with E-state index in [4.69, 9.17) is 4.74 Å². The number of ether oxygens (including phenoxy) is 1. The molecule has 2 aromatic rings. The first-order valence-corrected chi connectivity index (χ1v) is 9.13. The fraction of sp³-hybridized carbons (Fsp3) is 0.450. The van der Waals surface area contributed by atoms with E-state index in [-0.39, 0.29) is 17.6 Å². The van der Waals surface area contributed by atoms with E-state index < -0.39 is 5.41 Å². The Kier molecular flexibility index (Phi) is 4.57. The van der Waals surface area contributed by atoms with Gasteiger partial charge in [-0.15, -0.1) is 0 Å². The number of rotatable bonds is 5. The van der Waals surface area contributed by atoms with Crippen molar-refractivity contribution < 1.29 is 13.9 Å². The molecule has 1 aliphatic heterocycles. The highest BCUT2D eigenvalue weighted by molar-refractivity contribution is 5.91. The number of likely N-dealkylation sites (tertiary alicyclic amines) is 1. The van der Waals surface area contributed by atoms with E-state index in [9.17, 15) is 9.18 Å². The Morgan fingerprint density at radius 1 is 1.23 bits per heavy atom. The molecule has 0 radical (unpaired) electrons. The van der Waals surface area contributed by atoms with E-state index in [0.717, 1.165) is 37.8 Å². The number of aromatic nitrogens is 2. The van der Waals surface area contributed by atoms with E-state index in [1.165, 1.54) is 12.1 Å². The predicted molar refractivity (Wildman–Crippen MR) is 94.1 cm³/mol. The van der Waals surface area contributed by atoms with Crippen molar-refractivity contribution in [2.75, 3.05) is 19.7 Å². The van der Waals surface area contributed by atoms with Crippen molar-refractivity contribution in [3.05, 3.63) is 54.1 Å². The molecule has 1 aromatic carbocycles. The number of hydrogen-bond donors (Lipinski definition) is 0. The summed E-state index contributed by atoms with van der Waals surface area (Å²) >= 11 is 0. The third-order valence-corrected chi connectivity index (χ3v) is 5.35. The first-order chi connectivity index (χ1) is 12.7. The Balaban J connectivity index is 1.39. The minimum Gasteiger partial charge on any atom is -0.463 e. The molecule has 2 heterocycles. The second-order valence-corrected chi connectivity index (χ2v) is 7.19. The number of hydrogen-bond acceptors (Lipinski definition) is 4. The van der Waals surface area contributed by atoms with Crippen LogP contribution in [0.1, 0.15) is 31.2 Å². The van der Waals surface area contributed by atoms with Gasteiger partial charge in [0.2, 0.25) is 5.91 Å². The molecular formula is C20H22FN3O2. The third-order valence-electron chi connectivity index (χ3n) is 5.35. The summed E-state index contributed by atoms with van der Waals surface area (Å²) in [6, 6.07) is 8.50. The van der Waals surface area contributed by atoms with Gasteiger partial charge in [0.05, 0.1) is 12.0 Å². The van der Waals surface area contributed by atoms with Crippen molar-refractivity contribution >= 4 is 5.91 Å². The lowest BCUT2D eigenvalue weighted by atomic mass is 9.91. The van der Waals surface area contributed by atoms with Gasteiger partial charge in [0.25, 0.3) is 0 Å². The van der Waals surface area contributed by atoms with Crippen LogP contribution in [0.25, 0.3) is 0 Å². The zero-order valence-electron chi connectivity index (χ0n) is 14.6. The van der Waals surface area contributed by atoms with Crippen molar-refractivity contribution in [1.82, 2.24) is 14.9 Å². The van der Waals surface area contributed by atoms with Crippen LogP contribution in [-0.4, -0.2) is 40.5 Å². The maximum absolute atomic E-state index is 13.2. The topological polar surface area (TPSA) is 55.3 Å². The molecule has 6 heteroatoms. The monoisotopic (exact) mass is 355 g/mol. The molecule has 5 nitrogen and oxygen atoms in total. The number of halogens is 1. The lowest BCUT2D eigenvalue weighted by Gasteiger charge is -2.35. The Bertz CT molecular complexity index is 762. The van der Waals surface area contributed by atoms with Crippen LogP contribution in [0.3, 0.4) is 0 Å². The number of carbonyl (C=O) groups excluding carboxylic acids is 1. The predicted octanol–water partition coefficient (Wildman–Crippen LogP) is 2.96. The van der Waals surface area contributed by atoms with E-state index >= 15 is 0 Å².